The van der Waals surface area contributed by atoms with Crippen molar-refractivity contribution in [1.82, 2.24) is 4.57 Å². The van der Waals surface area contributed by atoms with Crippen molar-refractivity contribution in [3.63, 3.8) is 0 Å². The van der Waals surface area contributed by atoms with Crippen molar-refractivity contribution in [1.29, 1.82) is 5.41 Å². The van der Waals surface area contributed by atoms with Crippen LogP contribution in [0.15, 0.2) is 67.3 Å². The number of allylic oxidation sites excluding steroid dienone is 3. The van der Waals surface area contributed by atoms with Crippen LogP contribution in [0.2, 0.25) is 0 Å². The fourth-order valence-corrected chi connectivity index (χ4v) is 2.63. The third-order valence-corrected chi connectivity index (χ3v) is 3.61. The number of nitrogen functional groups attached to an aromatic ring is 1. The minimum absolute atomic E-state index is 0.109. The van der Waals surface area contributed by atoms with Crippen LogP contribution in [0.4, 0.5) is 0 Å². The highest BCUT2D eigenvalue weighted by Crippen LogP contribution is 2.29. The Morgan fingerprint density at radius 1 is 1.08 bits per heavy atom. The van der Waals surface area contributed by atoms with E-state index < -0.39 is 0 Å². The normalized spacial score (nSPS) is 10.1. The van der Waals surface area contributed by atoms with E-state index in [9.17, 15) is 0 Å². The number of rotatable bonds is 3. The van der Waals surface area contributed by atoms with Crippen molar-refractivity contribution in [3.8, 4) is 0 Å². The zero-order valence-electron chi connectivity index (χ0n) is 14.9. The number of aromatic nitrogens is 1. The lowest BCUT2D eigenvalue weighted by atomic mass is 10.1. The minimum atomic E-state index is 0.109. The highest BCUT2D eigenvalue weighted by Gasteiger charge is 2.10. The zero-order valence-corrected chi connectivity index (χ0v) is 14.9. The Morgan fingerprint density at radius 3 is 2.28 bits per heavy atom. The summed E-state index contributed by atoms with van der Waals surface area (Å²) in [5.41, 5.74) is 8.76. The van der Waals surface area contributed by atoms with E-state index in [1.165, 1.54) is 16.4 Å². The molecule has 0 atom stereocenters. The lowest BCUT2D eigenvalue weighted by molar-refractivity contribution is 0.897. The quantitative estimate of drug-likeness (QED) is 0.192. The van der Waals surface area contributed by atoms with Gasteiger partial charge in [0.05, 0.1) is 0 Å². The summed E-state index contributed by atoms with van der Waals surface area (Å²) in [7, 11) is 0. The van der Waals surface area contributed by atoms with Crippen molar-refractivity contribution in [2.45, 2.75) is 20.4 Å². The van der Waals surface area contributed by atoms with Gasteiger partial charge in [0.25, 0.3) is 0 Å². The van der Waals surface area contributed by atoms with Crippen LogP contribution in [0.5, 0.6) is 0 Å². The van der Waals surface area contributed by atoms with Crippen molar-refractivity contribution in [3.05, 3.63) is 72.8 Å². The average molecular weight is 337 g/mol. The van der Waals surface area contributed by atoms with Crippen LogP contribution in [0.3, 0.4) is 0 Å². The molecule has 0 aliphatic heterocycles. The molecule has 3 rings (SSSR count). The topological polar surface area (TPSA) is 107 Å². The number of nitrogens with two attached hydrogens (primary N) is 3. The maximum absolute atomic E-state index is 7.60. The molecule has 1 aromatic heterocycles. The summed E-state index contributed by atoms with van der Waals surface area (Å²) in [5, 5.41) is 9.95. The molecule has 0 unspecified atom stereocenters. The van der Waals surface area contributed by atoms with E-state index in [-0.39, 0.29) is 5.84 Å². The van der Waals surface area contributed by atoms with Crippen LogP contribution in [-0.2, 0) is 6.54 Å². The summed E-state index contributed by atoms with van der Waals surface area (Å²) < 4.78 is 2.29. The second-order valence-corrected chi connectivity index (χ2v) is 5.25. The van der Waals surface area contributed by atoms with Crippen molar-refractivity contribution in [2.24, 2.45) is 17.4 Å². The summed E-state index contributed by atoms with van der Waals surface area (Å²) in [6.07, 6.45) is 5.95. The summed E-state index contributed by atoms with van der Waals surface area (Å²) in [6, 6.07) is 14.3. The largest absolute Gasteiger partial charge is 0.384 e. The van der Waals surface area contributed by atoms with Gasteiger partial charge in [-0.3, -0.25) is 17.1 Å². The molecule has 1 heterocycles. The molecule has 0 radical (unpaired) electrons. The number of fused-ring (bicyclic) bond motifs is 3. The number of benzene rings is 2. The molecular formula is C20H27N5. The monoisotopic (exact) mass is 337 g/mol. The zero-order chi connectivity index (χ0) is 18.8. The van der Waals surface area contributed by atoms with Gasteiger partial charge in [0.2, 0.25) is 0 Å². The van der Waals surface area contributed by atoms with E-state index in [2.05, 4.69) is 59.2 Å². The Bertz CT molecular complexity index is 874. The number of amidine groups is 1. The highest BCUT2D eigenvalue weighted by atomic mass is 15.0. The molecule has 132 valence electrons. The minimum Gasteiger partial charge on any atom is -0.384 e. The average Bonchev–Trinajstić information content (AvgIpc) is 2.95. The van der Waals surface area contributed by atoms with Crippen LogP contribution in [0.1, 0.15) is 19.4 Å². The Kier molecular flexibility index (Phi) is 8.12. The fourth-order valence-electron chi connectivity index (χ4n) is 2.63. The van der Waals surface area contributed by atoms with Gasteiger partial charge in [-0.2, -0.15) is 0 Å². The fraction of sp³-hybridized carbons (Fsp3) is 0.150. The molecule has 0 bridgehead atoms. The van der Waals surface area contributed by atoms with Crippen molar-refractivity contribution in [2.75, 3.05) is 0 Å². The molecule has 0 fully saturated rings. The highest BCUT2D eigenvalue weighted by molar-refractivity contribution is 6.10. The van der Waals surface area contributed by atoms with Gasteiger partial charge < -0.3 is 10.3 Å². The summed E-state index contributed by atoms with van der Waals surface area (Å²) in [4.78, 5) is 0. The summed E-state index contributed by atoms with van der Waals surface area (Å²) in [6.45, 7) is 8.13. The van der Waals surface area contributed by atoms with Crippen molar-refractivity contribution < 1.29 is 0 Å². The van der Waals surface area contributed by atoms with Crippen LogP contribution in [-0.4, -0.2) is 10.4 Å². The number of nitrogens with zero attached hydrogens (tertiary/aromatic N) is 1. The van der Waals surface area contributed by atoms with Crippen LogP contribution in [0, 0.1) is 5.41 Å². The maximum atomic E-state index is 7.60. The van der Waals surface area contributed by atoms with Gasteiger partial charge in [-0.25, -0.2) is 0 Å². The lowest BCUT2D eigenvalue weighted by Gasteiger charge is -2.04. The Hall–Kier alpha value is -2.89. The molecule has 5 heteroatoms. The molecule has 25 heavy (non-hydrogen) atoms. The van der Waals surface area contributed by atoms with Gasteiger partial charge in [0.1, 0.15) is 5.84 Å². The predicted octanol–water partition coefficient (Wildman–Crippen LogP) is 3.67. The molecule has 0 saturated heterocycles. The van der Waals surface area contributed by atoms with E-state index in [1.807, 2.05) is 32.0 Å². The van der Waals surface area contributed by atoms with Gasteiger partial charge in [-0.15, -0.1) is 6.58 Å². The molecule has 7 N–H and O–H groups in total. The molecule has 3 aromatic rings. The smallest absolute Gasteiger partial charge is 0.122 e. The number of para-hydroxylation sites is 1. The summed E-state index contributed by atoms with van der Waals surface area (Å²) in [5.74, 6) is 8.11. The van der Waals surface area contributed by atoms with E-state index >= 15 is 0 Å². The van der Waals surface area contributed by atoms with Crippen LogP contribution < -0.4 is 17.4 Å². The first-order valence-corrected chi connectivity index (χ1v) is 8.01. The standard InChI is InChI=1S/C17H17N3.C3H6.H4N2/c1-2-3-10-20-15-7-5-4-6-13(15)14-11-12(17(18)19)8-9-16(14)20;1-3-2;1-2/h2-9,11H,10H2,1H3,(H3,18,19);3H,1H2,2H3;1-2H2/b3-2+;;. The second kappa shape index (κ2) is 10.1. The first-order chi connectivity index (χ1) is 12.1. The van der Waals surface area contributed by atoms with E-state index in [0.717, 1.165) is 17.5 Å². The molecular weight excluding hydrogens is 310 g/mol. The first-order valence-electron chi connectivity index (χ1n) is 8.01. The molecule has 0 aliphatic rings. The predicted molar refractivity (Wildman–Crippen MR) is 110 cm³/mol. The maximum Gasteiger partial charge on any atom is 0.122 e. The molecule has 0 aliphatic carbocycles. The van der Waals surface area contributed by atoms with E-state index in [0.29, 0.717) is 0 Å². The van der Waals surface area contributed by atoms with Gasteiger partial charge in [0.15, 0.2) is 0 Å². The lowest BCUT2D eigenvalue weighted by Crippen LogP contribution is -2.10. The van der Waals surface area contributed by atoms with Gasteiger partial charge >= 0.3 is 0 Å². The Morgan fingerprint density at radius 2 is 1.68 bits per heavy atom. The second-order valence-electron chi connectivity index (χ2n) is 5.25. The SMILES string of the molecule is C/C=C/Cn1c2ccccc2c2cc(C(=N)N)ccc21.C=CC.NN. The Labute approximate surface area is 148 Å². The first kappa shape index (κ1) is 20.2. The number of hydrogen-bond donors (Lipinski definition) is 4. The number of hydrogen-bond acceptors (Lipinski definition) is 3. The van der Waals surface area contributed by atoms with Gasteiger partial charge in [-0.1, -0.05) is 36.4 Å². The molecule has 5 nitrogen and oxygen atoms in total. The molecule has 2 aromatic carbocycles. The van der Waals surface area contributed by atoms with E-state index in [1.54, 1.807) is 6.08 Å². The van der Waals surface area contributed by atoms with Gasteiger partial charge in [-0.05, 0) is 38.1 Å². The molecule has 0 saturated carbocycles. The number of nitrogens with one attached hydrogen (secondary N) is 1. The van der Waals surface area contributed by atoms with E-state index in [4.69, 9.17) is 11.1 Å². The van der Waals surface area contributed by atoms with Crippen LogP contribution in [0.25, 0.3) is 21.8 Å². The molecule has 0 spiro atoms. The third-order valence-electron chi connectivity index (χ3n) is 3.61. The van der Waals surface area contributed by atoms with Crippen LogP contribution >= 0.6 is 0 Å². The van der Waals surface area contributed by atoms with Crippen molar-refractivity contribution >= 4 is 27.6 Å². The summed E-state index contributed by atoms with van der Waals surface area (Å²) >= 11 is 0. The Balaban J connectivity index is 0.000000567. The molecule has 0 amide bonds. The van der Waals surface area contributed by atoms with Gasteiger partial charge in [0, 0.05) is 33.9 Å². The third kappa shape index (κ3) is 4.56. The number of hydrazine groups is 1.